The fourth-order valence-electron chi connectivity index (χ4n) is 1.43. The zero-order chi connectivity index (χ0) is 11.5. The molecule has 0 aliphatic heterocycles. The maximum absolute atomic E-state index is 12.6. The third-order valence-corrected chi connectivity index (χ3v) is 2.12. The molecule has 0 fully saturated rings. The van der Waals surface area contributed by atoms with Gasteiger partial charge in [0.2, 0.25) is 0 Å². The highest BCUT2D eigenvalue weighted by Gasteiger charge is 2.39. The summed E-state index contributed by atoms with van der Waals surface area (Å²) in [4.78, 5) is 0. The van der Waals surface area contributed by atoms with E-state index >= 15 is 0 Å². The number of halogens is 3. The maximum atomic E-state index is 12.6. The first-order chi connectivity index (χ1) is 6.95. The summed E-state index contributed by atoms with van der Waals surface area (Å²) in [6, 6.07) is 5.18. The Hall–Kier alpha value is -1.23. The van der Waals surface area contributed by atoms with Crippen molar-refractivity contribution < 1.29 is 18.3 Å². The Morgan fingerprint density at radius 3 is 2.47 bits per heavy atom. The van der Waals surface area contributed by atoms with E-state index in [0.717, 1.165) is 6.07 Å². The lowest BCUT2D eigenvalue weighted by atomic mass is 9.95. The first-order valence-corrected chi connectivity index (χ1v) is 4.51. The summed E-state index contributed by atoms with van der Waals surface area (Å²) in [6.07, 6.45) is -4.50. The molecule has 0 saturated heterocycles. The largest absolute Gasteiger partial charge is 0.508 e. The number of hydrogen-bond donors (Lipinski definition) is 2. The molecule has 1 aromatic rings. The van der Waals surface area contributed by atoms with Gasteiger partial charge in [-0.1, -0.05) is 12.1 Å². The minimum atomic E-state index is -4.33. The molecule has 0 aromatic heterocycles. The van der Waals surface area contributed by atoms with Crippen molar-refractivity contribution in [2.24, 2.45) is 5.73 Å². The van der Waals surface area contributed by atoms with Gasteiger partial charge in [-0.05, 0) is 30.7 Å². The standard InChI is InChI=1S/C10H12F3NO/c11-10(12,13)9(4-5-14)7-2-1-3-8(15)6-7/h1-3,6,9,15H,4-5,14H2. The molecule has 1 aromatic carbocycles. The van der Waals surface area contributed by atoms with Crippen LogP contribution in [-0.4, -0.2) is 17.8 Å². The second kappa shape index (κ2) is 4.53. The molecule has 5 heteroatoms. The lowest BCUT2D eigenvalue weighted by Crippen LogP contribution is -2.23. The summed E-state index contributed by atoms with van der Waals surface area (Å²) in [5.74, 6) is -1.77. The predicted octanol–water partition coefficient (Wildman–Crippen LogP) is 2.39. The molecule has 0 heterocycles. The van der Waals surface area contributed by atoms with Crippen LogP contribution in [0.2, 0.25) is 0 Å². The van der Waals surface area contributed by atoms with Crippen LogP contribution in [0.1, 0.15) is 17.9 Å². The van der Waals surface area contributed by atoms with Crippen molar-refractivity contribution >= 4 is 0 Å². The van der Waals surface area contributed by atoms with E-state index in [1.54, 1.807) is 0 Å². The van der Waals surface area contributed by atoms with Crippen LogP contribution in [0.15, 0.2) is 24.3 Å². The molecule has 0 amide bonds. The highest BCUT2D eigenvalue weighted by molar-refractivity contribution is 5.30. The summed E-state index contributed by atoms with van der Waals surface area (Å²) in [7, 11) is 0. The van der Waals surface area contributed by atoms with Crippen molar-refractivity contribution in [2.75, 3.05) is 6.54 Å². The van der Waals surface area contributed by atoms with Gasteiger partial charge in [0.05, 0.1) is 5.92 Å². The van der Waals surface area contributed by atoms with E-state index in [1.165, 1.54) is 18.2 Å². The Labute approximate surface area is 85.5 Å². The Bertz CT molecular complexity index is 325. The second-order valence-corrected chi connectivity index (χ2v) is 3.27. The number of benzene rings is 1. The molecule has 3 N–H and O–H groups in total. The van der Waals surface area contributed by atoms with E-state index in [1.807, 2.05) is 0 Å². The van der Waals surface area contributed by atoms with Gasteiger partial charge >= 0.3 is 6.18 Å². The number of hydrogen-bond acceptors (Lipinski definition) is 2. The molecule has 0 bridgehead atoms. The molecule has 84 valence electrons. The number of alkyl halides is 3. The first-order valence-electron chi connectivity index (χ1n) is 4.51. The molecular weight excluding hydrogens is 207 g/mol. The zero-order valence-corrected chi connectivity index (χ0v) is 7.96. The third kappa shape index (κ3) is 3.13. The summed E-state index contributed by atoms with van der Waals surface area (Å²) >= 11 is 0. The highest BCUT2D eigenvalue weighted by atomic mass is 19.4. The van der Waals surface area contributed by atoms with Crippen LogP contribution in [0.3, 0.4) is 0 Å². The lowest BCUT2D eigenvalue weighted by Gasteiger charge is -2.19. The summed E-state index contributed by atoms with van der Waals surface area (Å²) in [5, 5.41) is 9.10. The van der Waals surface area contributed by atoms with E-state index in [2.05, 4.69) is 0 Å². The molecule has 0 aliphatic carbocycles. The Balaban J connectivity index is 2.99. The Morgan fingerprint density at radius 1 is 1.33 bits per heavy atom. The average molecular weight is 219 g/mol. The number of nitrogens with two attached hydrogens (primary N) is 1. The van der Waals surface area contributed by atoms with Crippen molar-refractivity contribution in [3.8, 4) is 5.75 Å². The van der Waals surface area contributed by atoms with Crippen molar-refractivity contribution in [1.29, 1.82) is 0 Å². The van der Waals surface area contributed by atoms with Gasteiger partial charge in [-0.15, -0.1) is 0 Å². The van der Waals surface area contributed by atoms with Gasteiger partial charge in [-0.3, -0.25) is 0 Å². The van der Waals surface area contributed by atoms with Crippen molar-refractivity contribution in [3.63, 3.8) is 0 Å². The van der Waals surface area contributed by atoms with E-state index in [9.17, 15) is 13.2 Å². The molecule has 15 heavy (non-hydrogen) atoms. The second-order valence-electron chi connectivity index (χ2n) is 3.27. The van der Waals surface area contributed by atoms with Crippen molar-refractivity contribution in [3.05, 3.63) is 29.8 Å². The summed E-state index contributed by atoms with van der Waals surface area (Å²) in [6.45, 7) is -0.0418. The molecular formula is C10H12F3NO. The topological polar surface area (TPSA) is 46.2 Å². The van der Waals surface area contributed by atoms with Crippen molar-refractivity contribution in [2.45, 2.75) is 18.5 Å². The predicted molar refractivity (Wildman–Crippen MR) is 50.6 cm³/mol. The molecule has 0 aliphatic rings. The Morgan fingerprint density at radius 2 is 2.00 bits per heavy atom. The van der Waals surface area contributed by atoms with Gasteiger partial charge < -0.3 is 10.8 Å². The van der Waals surface area contributed by atoms with Gasteiger partial charge in [0.15, 0.2) is 0 Å². The molecule has 1 rings (SSSR count). The van der Waals surface area contributed by atoms with E-state index < -0.39 is 12.1 Å². The lowest BCUT2D eigenvalue weighted by molar-refractivity contribution is -0.151. The molecule has 1 atom stereocenters. The highest BCUT2D eigenvalue weighted by Crippen LogP contribution is 2.37. The minimum Gasteiger partial charge on any atom is -0.508 e. The first kappa shape index (κ1) is 11.8. The number of phenols is 1. The molecule has 0 radical (unpaired) electrons. The van der Waals surface area contributed by atoms with Crippen LogP contribution in [-0.2, 0) is 0 Å². The molecule has 0 saturated carbocycles. The maximum Gasteiger partial charge on any atom is 0.395 e. The van der Waals surface area contributed by atoms with Crippen LogP contribution in [0, 0.1) is 0 Å². The zero-order valence-electron chi connectivity index (χ0n) is 7.96. The van der Waals surface area contributed by atoms with E-state index in [0.29, 0.717) is 0 Å². The quantitative estimate of drug-likeness (QED) is 0.819. The van der Waals surface area contributed by atoms with Gasteiger partial charge in [-0.2, -0.15) is 13.2 Å². The monoisotopic (exact) mass is 219 g/mol. The average Bonchev–Trinajstić information content (AvgIpc) is 2.12. The van der Waals surface area contributed by atoms with Gasteiger partial charge in [0.1, 0.15) is 5.75 Å². The van der Waals surface area contributed by atoms with Crippen LogP contribution in [0.5, 0.6) is 5.75 Å². The SMILES string of the molecule is NCCC(c1cccc(O)c1)C(F)(F)F. The number of phenolic OH excluding ortho intramolecular Hbond substituents is 1. The Kier molecular flexibility index (Phi) is 3.57. The van der Waals surface area contributed by atoms with Gasteiger partial charge in [0.25, 0.3) is 0 Å². The van der Waals surface area contributed by atoms with Crippen LogP contribution in [0.25, 0.3) is 0 Å². The van der Waals surface area contributed by atoms with Gasteiger partial charge in [0, 0.05) is 0 Å². The molecule has 0 spiro atoms. The minimum absolute atomic E-state index is 0.0418. The smallest absolute Gasteiger partial charge is 0.395 e. The number of aromatic hydroxyl groups is 1. The summed E-state index contributed by atoms with van der Waals surface area (Å²) in [5.41, 5.74) is 5.19. The fourth-order valence-corrected chi connectivity index (χ4v) is 1.43. The fraction of sp³-hybridized carbons (Fsp3) is 0.400. The van der Waals surface area contributed by atoms with E-state index in [4.69, 9.17) is 10.8 Å². The van der Waals surface area contributed by atoms with E-state index in [-0.39, 0.29) is 24.3 Å². The normalized spacial score (nSPS) is 13.9. The number of rotatable bonds is 3. The third-order valence-electron chi connectivity index (χ3n) is 2.12. The van der Waals surface area contributed by atoms with Crippen LogP contribution in [0.4, 0.5) is 13.2 Å². The summed E-state index contributed by atoms with van der Waals surface area (Å²) < 4.78 is 37.8. The van der Waals surface area contributed by atoms with Crippen molar-refractivity contribution in [1.82, 2.24) is 0 Å². The van der Waals surface area contributed by atoms with Gasteiger partial charge in [-0.25, -0.2) is 0 Å². The molecule has 1 unspecified atom stereocenters. The van der Waals surface area contributed by atoms with Crippen LogP contribution < -0.4 is 5.73 Å². The van der Waals surface area contributed by atoms with Crippen LogP contribution >= 0.6 is 0 Å². The molecule has 2 nitrogen and oxygen atoms in total.